The minimum atomic E-state index is -4.77. The van der Waals surface area contributed by atoms with Crippen LogP contribution in [-0.4, -0.2) is 19.1 Å². The van der Waals surface area contributed by atoms with Gasteiger partial charge in [0.05, 0.1) is 16.2 Å². The van der Waals surface area contributed by atoms with E-state index in [-0.39, 0.29) is 0 Å². The van der Waals surface area contributed by atoms with Crippen LogP contribution in [-0.2, 0) is 16.6 Å². The topological polar surface area (TPSA) is 77.3 Å². The summed E-state index contributed by atoms with van der Waals surface area (Å²) in [6, 6.07) is 3.11. The van der Waals surface area contributed by atoms with Crippen LogP contribution in [0.1, 0.15) is 5.56 Å². The molecule has 8 heteroatoms. The summed E-state index contributed by atoms with van der Waals surface area (Å²) in [6.07, 6.45) is -0.568. The molecule has 88 valence electrons. The third-order valence-electron chi connectivity index (χ3n) is 1.89. The predicted molar refractivity (Wildman–Crippen MR) is 51.7 cm³/mol. The van der Waals surface area contributed by atoms with E-state index in [0.717, 1.165) is 18.2 Å². The lowest BCUT2D eigenvalue weighted by molar-refractivity contribution is -0.385. The molecule has 0 aliphatic heterocycles. The molecule has 0 radical (unpaired) electrons. The summed E-state index contributed by atoms with van der Waals surface area (Å²) in [6.45, 7) is 0. The molecule has 0 atom stereocenters. The molecule has 0 heterocycles. The molecule has 0 aliphatic rings. The van der Waals surface area contributed by atoms with E-state index in [9.17, 15) is 26.8 Å². The quantitative estimate of drug-likeness (QED) is 0.462. The van der Waals surface area contributed by atoms with Crippen molar-refractivity contribution >= 4 is 15.9 Å². The molecule has 0 spiro atoms. The number of rotatable bonds is 4. The third kappa shape index (κ3) is 3.23. The Morgan fingerprint density at radius 2 is 2.00 bits per heavy atom. The summed E-state index contributed by atoms with van der Waals surface area (Å²) in [5, 5.41) is 10.5. The van der Waals surface area contributed by atoms with Gasteiger partial charge in [-0.25, -0.2) is 4.39 Å². The van der Waals surface area contributed by atoms with E-state index >= 15 is 0 Å². The van der Waals surface area contributed by atoms with Crippen LogP contribution in [0.25, 0.3) is 0 Å². The molecular weight excluding hydrogens is 244 g/mol. The van der Waals surface area contributed by atoms with E-state index < -0.39 is 44.4 Å². The summed E-state index contributed by atoms with van der Waals surface area (Å²) in [5.41, 5.74) is -0.961. The van der Waals surface area contributed by atoms with Crippen LogP contribution in [0.4, 0.5) is 14.0 Å². The molecule has 0 fully saturated rings. The van der Waals surface area contributed by atoms with Gasteiger partial charge in [0.25, 0.3) is 5.69 Å². The van der Waals surface area contributed by atoms with Gasteiger partial charge >= 0.3 is 10.2 Å². The van der Waals surface area contributed by atoms with Crippen LogP contribution >= 0.6 is 0 Å². The van der Waals surface area contributed by atoms with Gasteiger partial charge < -0.3 is 0 Å². The third-order valence-corrected chi connectivity index (χ3v) is 2.58. The van der Waals surface area contributed by atoms with Gasteiger partial charge in [-0.15, -0.1) is 3.89 Å². The molecule has 1 aromatic carbocycles. The Balaban J connectivity index is 3.07. The van der Waals surface area contributed by atoms with Crippen molar-refractivity contribution in [3.63, 3.8) is 0 Å². The van der Waals surface area contributed by atoms with Crippen molar-refractivity contribution in [3.05, 3.63) is 39.7 Å². The van der Waals surface area contributed by atoms with Crippen molar-refractivity contribution in [2.24, 2.45) is 0 Å². The van der Waals surface area contributed by atoms with Gasteiger partial charge in [0.2, 0.25) is 0 Å². The highest BCUT2D eigenvalue weighted by molar-refractivity contribution is 7.86. The molecule has 1 aromatic rings. The van der Waals surface area contributed by atoms with Gasteiger partial charge in [0, 0.05) is 6.07 Å². The standard InChI is InChI=1S/C8H7F2NO4S/c9-7-2-1-3-8(11(12)13)6(7)4-5-16(10,14)15/h1-3H,4-5H2. The van der Waals surface area contributed by atoms with Crippen molar-refractivity contribution in [3.8, 4) is 0 Å². The van der Waals surface area contributed by atoms with Gasteiger partial charge in [0.1, 0.15) is 5.82 Å². The highest BCUT2D eigenvalue weighted by Crippen LogP contribution is 2.22. The molecule has 0 saturated heterocycles. The highest BCUT2D eigenvalue weighted by atomic mass is 32.3. The van der Waals surface area contributed by atoms with Gasteiger partial charge in [-0.05, 0) is 12.5 Å². The smallest absolute Gasteiger partial charge is 0.258 e. The molecule has 16 heavy (non-hydrogen) atoms. The van der Waals surface area contributed by atoms with Crippen LogP contribution in [0, 0.1) is 15.9 Å². The Kier molecular flexibility index (Phi) is 3.53. The van der Waals surface area contributed by atoms with E-state index in [2.05, 4.69) is 0 Å². The van der Waals surface area contributed by atoms with Gasteiger partial charge in [-0.2, -0.15) is 8.42 Å². The lowest BCUT2D eigenvalue weighted by Gasteiger charge is -2.02. The van der Waals surface area contributed by atoms with Crippen molar-refractivity contribution in [2.75, 3.05) is 5.75 Å². The highest BCUT2D eigenvalue weighted by Gasteiger charge is 2.19. The van der Waals surface area contributed by atoms with Crippen molar-refractivity contribution in [1.29, 1.82) is 0 Å². The number of nitrogens with zero attached hydrogens (tertiary/aromatic N) is 1. The fourth-order valence-electron chi connectivity index (χ4n) is 1.19. The first-order valence-corrected chi connectivity index (χ1v) is 5.70. The summed E-state index contributed by atoms with van der Waals surface area (Å²) < 4.78 is 45.9. The second kappa shape index (κ2) is 4.52. The summed E-state index contributed by atoms with van der Waals surface area (Å²) in [7, 11) is -4.77. The summed E-state index contributed by atoms with van der Waals surface area (Å²) in [5.74, 6) is -1.90. The molecule has 0 amide bonds. The molecule has 0 saturated carbocycles. The maximum absolute atomic E-state index is 13.2. The van der Waals surface area contributed by atoms with Crippen LogP contribution in [0.3, 0.4) is 0 Å². The molecular formula is C8H7F2NO4S. The predicted octanol–water partition coefficient (Wildman–Crippen LogP) is 1.58. The zero-order valence-corrected chi connectivity index (χ0v) is 8.71. The zero-order valence-electron chi connectivity index (χ0n) is 7.89. The Morgan fingerprint density at radius 3 is 2.50 bits per heavy atom. The fourth-order valence-corrected chi connectivity index (χ4v) is 1.64. The lowest BCUT2D eigenvalue weighted by atomic mass is 10.1. The lowest BCUT2D eigenvalue weighted by Crippen LogP contribution is -2.06. The summed E-state index contributed by atoms with van der Waals surface area (Å²) >= 11 is 0. The average Bonchev–Trinajstić information content (AvgIpc) is 2.13. The van der Waals surface area contributed by atoms with E-state index in [1.54, 1.807) is 0 Å². The molecule has 0 aromatic heterocycles. The van der Waals surface area contributed by atoms with E-state index in [4.69, 9.17) is 0 Å². The van der Waals surface area contributed by atoms with Gasteiger partial charge in [-0.1, -0.05) is 6.07 Å². The summed E-state index contributed by atoms with van der Waals surface area (Å²) in [4.78, 5) is 9.65. The minimum Gasteiger partial charge on any atom is -0.258 e. The van der Waals surface area contributed by atoms with Crippen molar-refractivity contribution < 1.29 is 21.6 Å². The maximum Gasteiger partial charge on any atom is 0.302 e. The minimum absolute atomic E-state index is 0.409. The van der Waals surface area contributed by atoms with Crippen molar-refractivity contribution in [2.45, 2.75) is 6.42 Å². The fraction of sp³-hybridized carbons (Fsp3) is 0.250. The van der Waals surface area contributed by atoms with Crippen molar-refractivity contribution in [1.82, 2.24) is 0 Å². The normalized spacial score (nSPS) is 11.4. The number of hydrogen-bond donors (Lipinski definition) is 0. The van der Waals surface area contributed by atoms with Gasteiger partial charge in [0.15, 0.2) is 0 Å². The monoisotopic (exact) mass is 251 g/mol. The number of hydrogen-bond acceptors (Lipinski definition) is 4. The molecule has 5 nitrogen and oxygen atoms in total. The zero-order chi connectivity index (χ0) is 12.3. The number of benzene rings is 1. The van der Waals surface area contributed by atoms with E-state index in [1.807, 2.05) is 0 Å². The second-order valence-electron chi connectivity index (χ2n) is 2.99. The Labute approximate surface area is 90.1 Å². The van der Waals surface area contributed by atoms with E-state index in [0.29, 0.717) is 0 Å². The molecule has 0 aliphatic carbocycles. The number of nitro benzene ring substituents is 1. The number of halogens is 2. The Bertz CT molecular complexity index is 515. The molecule has 1 rings (SSSR count). The second-order valence-corrected chi connectivity index (χ2v) is 4.47. The molecule has 0 N–H and O–H groups in total. The average molecular weight is 251 g/mol. The Hall–Kier alpha value is -1.57. The maximum atomic E-state index is 13.2. The largest absolute Gasteiger partial charge is 0.302 e. The van der Waals surface area contributed by atoms with Crippen LogP contribution in [0.15, 0.2) is 18.2 Å². The van der Waals surface area contributed by atoms with E-state index in [1.165, 1.54) is 0 Å². The van der Waals surface area contributed by atoms with Crippen LogP contribution in [0.2, 0.25) is 0 Å². The SMILES string of the molecule is O=[N+]([O-])c1cccc(F)c1CCS(=O)(=O)F. The van der Waals surface area contributed by atoms with Crippen LogP contribution in [0.5, 0.6) is 0 Å². The van der Waals surface area contributed by atoms with Gasteiger partial charge in [-0.3, -0.25) is 10.1 Å². The number of nitro groups is 1. The Morgan fingerprint density at radius 1 is 1.38 bits per heavy atom. The molecule has 0 bridgehead atoms. The first-order chi connectivity index (χ1) is 7.31. The molecule has 0 unspecified atom stereocenters. The van der Waals surface area contributed by atoms with Crippen LogP contribution < -0.4 is 0 Å². The first-order valence-electron chi connectivity index (χ1n) is 4.15. The first kappa shape index (κ1) is 12.5.